The Morgan fingerprint density at radius 1 is 1.11 bits per heavy atom. The predicted octanol–water partition coefficient (Wildman–Crippen LogP) is 3.85. The molecule has 9 heteroatoms. The predicted molar refractivity (Wildman–Crippen MR) is 106 cm³/mol. The summed E-state index contributed by atoms with van der Waals surface area (Å²) in [6.45, 7) is 6.09. The lowest BCUT2D eigenvalue weighted by Gasteiger charge is -2.13. The summed E-state index contributed by atoms with van der Waals surface area (Å²) in [6, 6.07) is 3.49. The van der Waals surface area contributed by atoms with Gasteiger partial charge in [-0.25, -0.2) is 0 Å². The van der Waals surface area contributed by atoms with Crippen molar-refractivity contribution in [2.75, 3.05) is 26.4 Å². The molecule has 0 bridgehead atoms. The van der Waals surface area contributed by atoms with Crippen LogP contribution in [-0.2, 0) is 14.3 Å². The Labute approximate surface area is 170 Å². The highest BCUT2D eigenvalue weighted by Gasteiger charge is 2.36. The largest absolute Gasteiger partial charge is 0.493 e. The highest BCUT2D eigenvalue weighted by Crippen LogP contribution is 2.38. The van der Waals surface area contributed by atoms with E-state index in [1.165, 1.54) is 0 Å². The third-order valence-electron chi connectivity index (χ3n) is 3.42. The standard InChI is InChI=1S/C18H20BrNO6S/c1-4-24-13-9-14(25-5-2)12(19)7-11(13)8-15-17(22)20(18(23)27-15)10-16(21)26-6-3/h7-9H,4-6,10H2,1-3H3/b15-8+. The zero-order valence-electron chi connectivity index (χ0n) is 15.2. The van der Waals surface area contributed by atoms with E-state index in [-0.39, 0.29) is 11.5 Å². The fourth-order valence-electron chi connectivity index (χ4n) is 2.32. The maximum atomic E-state index is 12.5. The highest BCUT2D eigenvalue weighted by atomic mass is 79.9. The molecular weight excluding hydrogens is 438 g/mol. The Morgan fingerprint density at radius 3 is 2.41 bits per heavy atom. The molecule has 146 valence electrons. The minimum absolute atomic E-state index is 0.183. The summed E-state index contributed by atoms with van der Waals surface area (Å²) in [7, 11) is 0. The average molecular weight is 458 g/mol. The van der Waals surface area contributed by atoms with Gasteiger partial charge in [0.2, 0.25) is 0 Å². The Hall–Kier alpha value is -2.00. The number of hydrogen-bond acceptors (Lipinski definition) is 7. The molecule has 2 rings (SSSR count). The molecule has 0 spiro atoms. The summed E-state index contributed by atoms with van der Waals surface area (Å²) < 4.78 is 16.7. The molecule has 0 atom stereocenters. The van der Waals surface area contributed by atoms with Crippen molar-refractivity contribution in [1.29, 1.82) is 0 Å². The molecule has 0 aromatic heterocycles. The number of thioether (sulfide) groups is 1. The van der Waals surface area contributed by atoms with Crippen molar-refractivity contribution >= 4 is 50.9 Å². The summed E-state index contributed by atoms with van der Waals surface area (Å²) in [6.07, 6.45) is 1.57. The van der Waals surface area contributed by atoms with Gasteiger partial charge in [-0.15, -0.1) is 0 Å². The van der Waals surface area contributed by atoms with Crippen LogP contribution < -0.4 is 9.47 Å². The van der Waals surface area contributed by atoms with Crippen molar-refractivity contribution in [3.63, 3.8) is 0 Å². The second-order valence-electron chi connectivity index (χ2n) is 5.26. The molecule has 0 N–H and O–H groups in total. The van der Waals surface area contributed by atoms with E-state index in [0.29, 0.717) is 34.7 Å². The molecule has 1 heterocycles. The topological polar surface area (TPSA) is 82.1 Å². The minimum Gasteiger partial charge on any atom is -0.493 e. The lowest BCUT2D eigenvalue weighted by Crippen LogP contribution is -2.34. The Kier molecular flexibility index (Phi) is 7.73. The Balaban J connectivity index is 2.32. The van der Waals surface area contributed by atoms with Crippen LogP contribution in [0.3, 0.4) is 0 Å². The maximum Gasteiger partial charge on any atom is 0.326 e. The number of halogens is 1. The second-order valence-corrected chi connectivity index (χ2v) is 7.11. The number of ether oxygens (including phenoxy) is 3. The van der Waals surface area contributed by atoms with Crippen LogP contribution in [0.2, 0.25) is 0 Å². The van der Waals surface area contributed by atoms with E-state index in [0.717, 1.165) is 16.7 Å². The first kappa shape index (κ1) is 21.3. The molecule has 1 fully saturated rings. The van der Waals surface area contributed by atoms with Gasteiger partial charge in [0.25, 0.3) is 11.1 Å². The first-order valence-electron chi connectivity index (χ1n) is 8.41. The van der Waals surface area contributed by atoms with Crippen LogP contribution in [0.1, 0.15) is 26.3 Å². The lowest BCUT2D eigenvalue weighted by atomic mass is 10.1. The van der Waals surface area contributed by atoms with Gasteiger partial charge >= 0.3 is 5.97 Å². The van der Waals surface area contributed by atoms with E-state index in [1.54, 1.807) is 25.1 Å². The van der Waals surface area contributed by atoms with Crippen molar-refractivity contribution < 1.29 is 28.6 Å². The number of rotatable bonds is 8. The number of amides is 2. The zero-order chi connectivity index (χ0) is 20.0. The number of carbonyl (C=O) groups excluding carboxylic acids is 3. The number of hydrogen-bond donors (Lipinski definition) is 0. The van der Waals surface area contributed by atoms with Crippen LogP contribution in [-0.4, -0.2) is 48.4 Å². The van der Waals surface area contributed by atoms with Crippen molar-refractivity contribution in [2.24, 2.45) is 0 Å². The minimum atomic E-state index is -0.625. The molecule has 1 saturated heterocycles. The number of esters is 1. The smallest absolute Gasteiger partial charge is 0.326 e. The molecule has 1 aliphatic rings. The normalized spacial score (nSPS) is 15.4. The summed E-state index contributed by atoms with van der Waals surface area (Å²) in [5.74, 6) is -0.0137. The molecule has 7 nitrogen and oxygen atoms in total. The monoisotopic (exact) mass is 457 g/mol. The van der Waals surface area contributed by atoms with Gasteiger partial charge < -0.3 is 14.2 Å². The van der Waals surface area contributed by atoms with Crippen LogP contribution in [0.4, 0.5) is 4.79 Å². The van der Waals surface area contributed by atoms with Gasteiger partial charge in [0, 0.05) is 11.6 Å². The molecule has 1 aromatic carbocycles. The average Bonchev–Trinajstić information content (AvgIpc) is 2.87. The third kappa shape index (κ3) is 5.26. The zero-order valence-corrected chi connectivity index (χ0v) is 17.6. The Bertz CT molecular complexity index is 779. The van der Waals surface area contributed by atoms with E-state index in [2.05, 4.69) is 15.9 Å². The third-order valence-corrected chi connectivity index (χ3v) is 4.94. The molecule has 1 aromatic rings. The fraction of sp³-hybridized carbons (Fsp3) is 0.389. The van der Waals surface area contributed by atoms with E-state index in [4.69, 9.17) is 14.2 Å². The molecule has 0 aliphatic carbocycles. The molecule has 0 unspecified atom stereocenters. The summed E-state index contributed by atoms with van der Waals surface area (Å²) in [5.41, 5.74) is 0.619. The van der Waals surface area contributed by atoms with Crippen molar-refractivity contribution in [1.82, 2.24) is 4.90 Å². The SMILES string of the molecule is CCOC(=O)CN1C(=O)S/C(=C/c2cc(Br)c(OCC)cc2OCC)C1=O. The Morgan fingerprint density at radius 2 is 1.78 bits per heavy atom. The first-order chi connectivity index (χ1) is 12.9. The quantitative estimate of drug-likeness (QED) is 0.432. The number of carbonyl (C=O) groups is 3. The molecule has 2 amide bonds. The van der Waals surface area contributed by atoms with E-state index >= 15 is 0 Å². The second kappa shape index (κ2) is 9.80. The van der Waals surface area contributed by atoms with E-state index in [1.807, 2.05) is 13.8 Å². The highest BCUT2D eigenvalue weighted by molar-refractivity contribution is 9.10. The van der Waals surface area contributed by atoms with Crippen LogP contribution in [0, 0.1) is 0 Å². The molecule has 1 aliphatic heterocycles. The molecule has 0 radical (unpaired) electrons. The van der Waals surface area contributed by atoms with Gasteiger partial charge in [0.05, 0.1) is 29.2 Å². The maximum absolute atomic E-state index is 12.5. The van der Waals surface area contributed by atoms with E-state index in [9.17, 15) is 14.4 Å². The van der Waals surface area contributed by atoms with Gasteiger partial charge in [-0.1, -0.05) is 0 Å². The van der Waals surface area contributed by atoms with Gasteiger partial charge in [-0.05, 0) is 60.6 Å². The van der Waals surface area contributed by atoms with Crippen LogP contribution in [0.15, 0.2) is 21.5 Å². The van der Waals surface area contributed by atoms with E-state index < -0.39 is 23.7 Å². The van der Waals surface area contributed by atoms with Crippen molar-refractivity contribution in [3.05, 3.63) is 27.1 Å². The van der Waals surface area contributed by atoms with Crippen LogP contribution >= 0.6 is 27.7 Å². The van der Waals surface area contributed by atoms with Crippen molar-refractivity contribution in [2.45, 2.75) is 20.8 Å². The van der Waals surface area contributed by atoms with Gasteiger partial charge in [0.15, 0.2) is 0 Å². The lowest BCUT2D eigenvalue weighted by molar-refractivity contribution is -0.145. The molecular formula is C18H20BrNO6S. The summed E-state index contributed by atoms with van der Waals surface area (Å²) in [5, 5.41) is -0.512. The van der Waals surface area contributed by atoms with Crippen LogP contribution in [0.5, 0.6) is 11.5 Å². The molecule has 27 heavy (non-hydrogen) atoms. The van der Waals surface area contributed by atoms with Crippen molar-refractivity contribution in [3.8, 4) is 11.5 Å². The summed E-state index contributed by atoms with van der Waals surface area (Å²) in [4.78, 5) is 37.3. The molecule has 0 saturated carbocycles. The van der Waals surface area contributed by atoms with Crippen LogP contribution in [0.25, 0.3) is 6.08 Å². The van der Waals surface area contributed by atoms with Gasteiger partial charge in [-0.2, -0.15) is 0 Å². The first-order valence-corrected chi connectivity index (χ1v) is 10.0. The summed E-state index contributed by atoms with van der Waals surface area (Å²) >= 11 is 4.20. The van der Waals surface area contributed by atoms with Gasteiger partial charge in [0.1, 0.15) is 18.0 Å². The van der Waals surface area contributed by atoms with Gasteiger partial charge in [-0.3, -0.25) is 19.3 Å². The fourth-order valence-corrected chi connectivity index (χ4v) is 3.63. The number of benzene rings is 1. The number of imide groups is 1. The number of nitrogens with zero attached hydrogens (tertiary/aromatic N) is 1.